The van der Waals surface area contributed by atoms with Crippen molar-refractivity contribution in [2.75, 3.05) is 0 Å². The number of aliphatic hydroxyl groups excluding tert-OH is 1. The Kier molecular flexibility index (Phi) is 4.47. The Labute approximate surface area is 111 Å². The molecule has 0 saturated heterocycles. The van der Waals surface area contributed by atoms with E-state index in [1.807, 2.05) is 0 Å². The molecule has 0 radical (unpaired) electrons. The molecule has 19 heavy (non-hydrogen) atoms. The highest BCUT2D eigenvalue weighted by Gasteiger charge is 2.25. The van der Waals surface area contributed by atoms with Gasteiger partial charge in [-0.1, -0.05) is 19.3 Å². The summed E-state index contributed by atoms with van der Waals surface area (Å²) in [5.74, 6) is -0.480. The molecule has 1 aliphatic carbocycles. The summed E-state index contributed by atoms with van der Waals surface area (Å²) in [6, 6.07) is 3.52. The van der Waals surface area contributed by atoms with Crippen molar-refractivity contribution in [1.82, 2.24) is 0 Å². The molecule has 1 aromatic carbocycles. The second kappa shape index (κ2) is 6.10. The maximum absolute atomic E-state index is 13.3. The Balaban J connectivity index is 2.21. The number of nitro benzene ring substituents is 1. The molecule has 1 fully saturated rings. The third-order valence-corrected chi connectivity index (χ3v) is 3.84. The van der Waals surface area contributed by atoms with Gasteiger partial charge in [-0.3, -0.25) is 10.1 Å². The van der Waals surface area contributed by atoms with E-state index in [0.29, 0.717) is 12.0 Å². The number of benzene rings is 1. The molecule has 1 aliphatic rings. The second-order valence-corrected chi connectivity index (χ2v) is 5.20. The normalized spacial score (nSPS) is 23.9. The minimum absolute atomic E-state index is 0.0111. The van der Waals surface area contributed by atoms with Crippen molar-refractivity contribution in [3.63, 3.8) is 0 Å². The number of rotatable bonds is 3. The smallest absolute Gasteiger partial charge is 0.272 e. The third-order valence-electron chi connectivity index (χ3n) is 3.84. The second-order valence-electron chi connectivity index (χ2n) is 5.20. The van der Waals surface area contributed by atoms with E-state index in [2.05, 4.69) is 0 Å². The lowest BCUT2D eigenvalue weighted by molar-refractivity contribution is -0.385. The molecule has 1 N–H and O–H groups in total. The van der Waals surface area contributed by atoms with Crippen LogP contribution in [0.15, 0.2) is 18.2 Å². The lowest BCUT2D eigenvalue weighted by Crippen LogP contribution is -2.21. The topological polar surface area (TPSA) is 63.4 Å². The lowest BCUT2D eigenvalue weighted by Gasteiger charge is -2.20. The molecule has 2 rings (SSSR count). The van der Waals surface area contributed by atoms with Gasteiger partial charge in [0.25, 0.3) is 5.69 Å². The number of halogens is 1. The Morgan fingerprint density at radius 2 is 2.05 bits per heavy atom. The van der Waals surface area contributed by atoms with Crippen molar-refractivity contribution < 1.29 is 14.4 Å². The molecule has 0 bridgehead atoms. The lowest BCUT2D eigenvalue weighted by atomic mass is 9.89. The molecule has 0 spiro atoms. The van der Waals surface area contributed by atoms with Gasteiger partial charge in [-0.05, 0) is 37.3 Å². The molecule has 1 saturated carbocycles. The summed E-state index contributed by atoms with van der Waals surface area (Å²) >= 11 is 0. The Hall–Kier alpha value is -1.49. The molecule has 0 aromatic heterocycles. The van der Waals surface area contributed by atoms with E-state index in [-0.39, 0.29) is 11.6 Å². The van der Waals surface area contributed by atoms with Gasteiger partial charge in [-0.15, -0.1) is 0 Å². The fraction of sp³-hybridized carbons (Fsp3) is 0.571. The summed E-state index contributed by atoms with van der Waals surface area (Å²) in [6.07, 6.45) is 4.59. The van der Waals surface area contributed by atoms with E-state index in [9.17, 15) is 19.6 Å². The van der Waals surface area contributed by atoms with Crippen LogP contribution >= 0.6 is 0 Å². The Morgan fingerprint density at radius 1 is 1.32 bits per heavy atom. The fourth-order valence-corrected chi connectivity index (χ4v) is 2.78. The van der Waals surface area contributed by atoms with E-state index >= 15 is 0 Å². The first kappa shape index (κ1) is 13.9. The third kappa shape index (κ3) is 3.50. The van der Waals surface area contributed by atoms with Gasteiger partial charge in [-0.25, -0.2) is 4.39 Å². The van der Waals surface area contributed by atoms with Crippen molar-refractivity contribution >= 4 is 5.69 Å². The molecule has 2 unspecified atom stereocenters. The highest BCUT2D eigenvalue weighted by molar-refractivity contribution is 5.40. The van der Waals surface area contributed by atoms with Gasteiger partial charge < -0.3 is 5.11 Å². The van der Waals surface area contributed by atoms with Crippen molar-refractivity contribution in [2.45, 2.75) is 44.6 Å². The number of hydrogen-bond donors (Lipinski definition) is 1. The van der Waals surface area contributed by atoms with E-state index in [1.54, 1.807) is 0 Å². The first-order valence-electron chi connectivity index (χ1n) is 6.69. The van der Waals surface area contributed by atoms with Gasteiger partial charge in [0, 0.05) is 11.6 Å². The predicted octanol–water partition coefficient (Wildman–Crippen LogP) is 3.22. The predicted molar refractivity (Wildman–Crippen MR) is 69.3 cm³/mol. The van der Waals surface area contributed by atoms with Gasteiger partial charge in [-0.2, -0.15) is 0 Å². The molecular formula is C14H18FNO3. The van der Waals surface area contributed by atoms with Gasteiger partial charge in [0.15, 0.2) is 0 Å². The fourth-order valence-electron chi connectivity index (χ4n) is 2.78. The summed E-state index contributed by atoms with van der Waals surface area (Å²) in [6.45, 7) is 0. The number of nitrogens with zero attached hydrogens (tertiary/aromatic N) is 1. The molecule has 0 aliphatic heterocycles. The highest BCUT2D eigenvalue weighted by Crippen LogP contribution is 2.30. The van der Waals surface area contributed by atoms with E-state index in [4.69, 9.17) is 0 Å². The standard InChI is InChI=1S/C14H18FNO3/c15-12-6-7-13(16(18)19)11(9-12)8-10-4-2-1-3-5-14(10)17/h6-7,9-10,14,17H,1-5,8H2. The summed E-state index contributed by atoms with van der Waals surface area (Å²) in [7, 11) is 0. The van der Waals surface area contributed by atoms with Crippen molar-refractivity contribution in [1.29, 1.82) is 0 Å². The summed E-state index contributed by atoms with van der Waals surface area (Å²) in [5.41, 5.74) is 0.328. The SMILES string of the molecule is O=[N+]([O-])c1ccc(F)cc1CC1CCCCCC1O. The van der Waals surface area contributed by atoms with Crippen LogP contribution in [-0.2, 0) is 6.42 Å². The maximum atomic E-state index is 13.3. The van der Waals surface area contributed by atoms with Crippen LogP contribution in [-0.4, -0.2) is 16.1 Å². The summed E-state index contributed by atoms with van der Waals surface area (Å²) < 4.78 is 13.3. The summed E-state index contributed by atoms with van der Waals surface area (Å²) in [5, 5.41) is 21.0. The van der Waals surface area contributed by atoms with E-state index < -0.39 is 16.8 Å². The average molecular weight is 267 g/mol. The maximum Gasteiger partial charge on any atom is 0.272 e. The van der Waals surface area contributed by atoms with Crippen LogP contribution in [0.25, 0.3) is 0 Å². The molecule has 5 heteroatoms. The Bertz CT molecular complexity index is 464. The van der Waals surface area contributed by atoms with Gasteiger partial charge in [0.05, 0.1) is 11.0 Å². The monoisotopic (exact) mass is 267 g/mol. The van der Waals surface area contributed by atoms with Crippen molar-refractivity contribution in [3.8, 4) is 0 Å². The zero-order chi connectivity index (χ0) is 13.8. The van der Waals surface area contributed by atoms with Crippen LogP contribution in [0.4, 0.5) is 10.1 Å². The highest BCUT2D eigenvalue weighted by atomic mass is 19.1. The molecule has 1 aromatic rings. The minimum atomic E-state index is -0.488. The average Bonchev–Trinajstić information content (AvgIpc) is 2.55. The van der Waals surface area contributed by atoms with Crippen LogP contribution in [0.3, 0.4) is 0 Å². The van der Waals surface area contributed by atoms with Crippen molar-refractivity contribution in [2.24, 2.45) is 5.92 Å². The van der Waals surface area contributed by atoms with E-state index in [1.165, 1.54) is 12.1 Å². The van der Waals surface area contributed by atoms with Gasteiger partial charge in [0.1, 0.15) is 5.82 Å². The molecule has 2 atom stereocenters. The Morgan fingerprint density at radius 3 is 2.79 bits per heavy atom. The molecule has 0 amide bonds. The van der Waals surface area contributed by atoms with Crippen LogP contribution in [0.2, 0.25) is 0 Å². The molecule has 0 heterocycles. The number of nitro groups is 1. The van der Waals surface area contributed by atoms with E-state index in [0.717, 1.165) is 38.2 Å². The molecule has 4 nitrogen and oxygen atoms in total. The van der Waals surface area contributed by atoms with Gasteiger partial charge >= 0.3 is 0 Å². The van der Waals surface area contributed by atoms with Crippen LogP contribution in [0.5, 0.6) is 0 Å². The van der Waals surface area contributed by atoms with Crippen LogP contribution in [0.1, 0.15) is 37.7 Å². The molecular weight excluding hydrogens is 249 g/mol. The zero-order valence-electron chi connectivity index (χ0n) is 10.7. The first-order chi connectivity index (χ1) is 9.08. The zero-order valence-corrected chi connectivity index (χ0v) is 10.7. The van der Waals surface area contributed by atoms with Gasteiger partial charge in [0.2, 0.25) is 0 Å². The number of aliphatic hydroxyl groups is 1. The van der Waals surface area contributed by atoms with Crippen LogP contribution in [0, 0.1) is 21.8 Å². The van der Waals surface area contributed by atoms with Crippen LogP contribution < -0.4 is 0 Å². The quantitative estimate of drug-likeness (QED) is 0.519. The summed E-state index contributed by atoms with van der Waals surface area (Å²) in [4.78, 5) is 10.5. The minimum Gasteiger partial charge on any atom is -0.393 e. The largest absolute Gasteiger partial charge is 0.393 e. The first-order valence-corrected chi connectivity index (χ1v) is 6.69. The van der Waals surface area contributed by atoms with Crippen molar-refractivity contribution in [3.05, 3.63) is 39.7 Å². The molecule has 104 valence electrons. The number of hydrogen-bond acceptors (Lipinski definition) is 3.